The van der Waals surface area contributed by atoms with Crippen LogP contribution in [0.4, 0.5) is 13.2 Å². The molecule has 0 aliphatic heterocycles. The van der Waals surface area contributed by atoms with Crippen molar-refractivity contribution in [3.63, 3.8) is 0 Å². The highest BCUT2D eigenvalue weighted by Gasteiger charge is 2.30. The first-order valence-electron chi connectivity index (χ1n) is 6.47. The van der Waals surface area contributed by atoms with E-state index in [0.29, 0.717) is 27.9 Å². The van der Waals surface area contributed by atoms with Crippen molar-refractivity contribution in [3.05, 3.63) is 70.2 Å². The van der Waals surface area contributed by atoms with Crippen molar-refractivity contribution in [3.8, 4) is 5.75 Å². The highest BCUT2D eigenvalue weighted by Crippen LogP contribution is 2.24. The fraction of sp³-hybridized carbons (Fsp3) is 0.125. The van der Waals surface area contributed by atoms with Crippen molar-refractivity contribution < 1.29 is 17.9 Å². The van der Waals surface area contributed by atoms with Crippen LogP contribution in [0.25, 0.3) is 5.70 Å². The number of hydrogen-bond acceptors (Lipinski definition) is 2. The van der Waals surface area contributed by atoms with E-state index in [9.17, 15) is 13.2 Å². The maximum atomic E-state index is 12.1. The molecule has 7 heteroatoms. The van der Waals surface area contributed by atoms with Crippen LogP contribution in [0.15, 0.2) is 49.0 Å². The number of benzene rings is 2. The van der Waals surface area contributed by atoms with Crippen molar-refractivity contribution in [2.24, 2.45) is 0 Å². The summed E-state index contributed by atoms with van der Waals surface area (Å²) in [7, 11) is 0. The second-order valence-corrected chi connectivity index (χ2v) is 5.55. The Bertz CT molecular complexity index is 679. The lowest BCUT2D eigenvalue weighted by Crippen LogP contribution is -2.17. The monoisotopic (exact) mass is 361 g/mol. The van der Waals surface area contributed by atoms with Crippen LogP contribution in [0, 0.1) is 0 Å². The average Bonchev–Trinajstić information content (AvgIpc) is 2.43. The number of rotatable bonds is 5. The Hall–Kier alpha value is -1.85. The Labute approximate surface area is 141 Å². The fourth-order valence-corrected chi connectivity index (χ4v) is 2.45. The van der Waals surface area contributed by atoms with Gasteiger partial charge in [-0.15, -0.1) is 13.2 Å². The molecule has 0 heterocycles. The van der Waals surface area contributed by atoms with E-state index in [-0.39, 0.29) is 5.75 Å². The highest BCUT2D eigenvalue weighted by atomic mass is 35.5. The molecule has 122 valence electrons. The normalized spacial score (nSPS) is 11.2. The van der Waals surface area contributed by atoms with Gasteiger partial charge in [0.15, 0.2) is 0 Å². The first-order valence-corrected chi connectivity index (χ1v) is 7.22. The van der Waals surface area contributed by atoms with Gasteiger partial charge >= 0.3 is 6.36 Å². The molecular weight excluding hydrogens is 350 g/mol. The number of ether oxygens (including phenoxy) is 1. The minimum atomic E-state index is -4.71. The van der Waals surface area contributed by atoms with Gasteiger partial charge in [0, 0.05) is 22.3 Å². The summed E-state index contributed by atoms with van der Waals surface area (Å²) in [6, 6.07) is 10.6. The molecule has 2 aromatic carbocycles. The molecule has 0 saturated carbocycles. The molecule has 2 nitrogen and oxygen atoms in total. The van der Waals surface area contributed by atoms with E-state index >= 15 is 0 Å². The summed E-state index contributed by atoms with van der Waals surface area (Å²) >= 11 is 11.8. The summed E-state index contributed by atoms with van der Waals surface area (Å²) in [5.41, 5.74) is 2.06. The fourth-order valence-electron chi connectivity index (χ4n) is 1.88. The molecule has 0 atom stereocenters. The van der Waals surface area contributed by atoms with Crippen molar-refractivity contribution in [2.75, 3.05) is 0 Å². The van der Waals surface area contributed by atoms with E-state index in [4.69, 9.17) is 23.2 Å². The minimum absolute atomic E-state index is 0.282. The van der Waals surface area contributed by atoms with Crippen LogP contribution in [-0.2, 0) is 6.54 Å². The van der Waals surface area contributed by atoms with Crippen LogP contribution in [-0.4, -0.2) is 6.36 Å². The Morgan fingerprint density at radius 3 is 2.13 bits per heavy atom. The van der Waals surface area contributed by atoms with Crippen LogP contribution in [0.5, 0.6) is 5.75 Å². The van der Waals surface area contributed by atoms with Gasteiger partial charge < -0.3 is 10.1 Å². The van der Waals surface area contributed by atoms with Crippen LogP contribution in [0.2, 0.25) is 10.0 Å². The Morgan fingerprint density at radius 2 is 1.61 bits per heavy atom. The van der Waals surface area contributed by atoms with E-state index in [0.717, 1.165) is 5.56 Å². The van der Waals surface area contributed by atoms with Crippen molar-refractivity contribution in [2.45, 2.75) is 12.9 Å². The largest absolute Gasteiger partial charge is 0.573 e. The van der Waals surface area contributed by atoms with E-state index in [1.54, 1.807) is 18.2 Å². The second-order valence-electron chi connectivity index (χ2n) is 4.68. The highest BCUT2D eigenvalue weighted by molar-refractivity contribution is 6.34. The van der Waals surface area contributed by atoms with Crippen molar-refractivity contribution >= 4 is 28.9 Å². The summed E-state index contributed by atoms with van der Waals surface area (Å²) in [5, 5.41) is 4.11. The summed E-state index contributed by atoms with van der Waals surface area (Å²) in [6.45, 7) is 4.28. The Morgan fingerprint density at radius 1 is 1.04 bits per heavy atom. The van der Waals surface area contributed by atoms with Crippen molar-refractivity contribution in [1.82, 2.24) is 5.32 Å². The zero-order valence-corrected chi connectivity index (χ0v) is 13.3. The first kappa shape index (κ1) is 17.5. The molecule has 0 unspecified atom stereocenters. The van der Waals surface area contributed by atoms with Gasteiger partial charge in [-0.25, -0.2) is 0 Å². The van der Waals surface area contributed by atoms with Gasteiger partial charge in [0.25, 0.3) is 0 Å². The zero-order valence-electron chi connectivity index (χ0n) is 11.8. The van der Waals surface area contributed by atoms with Gasteiger partial charge in [0.2, 0.25) is 0 Å². The van der Waals surface area contributed by atoms with E-state index in [2.05, 4.69) is 16.6 Å². The summed E-state index contributed by atoms with van der Waals surface area (Å²) in [5.74, 6) is -0.282. The van der Waals surface area contributed by atoms with Gasteiger partial charge in [-0.05, 0) is 53.6 Å². The predicted molar refractivity (Wildman–Crippen MR) is 85.5 cm³/mol. The maximum absolute atomic E-state index is 12.1. The van der Waals surface area contributed by atoms with E-state index in [1.165, 1.54) is 24.3 Å². The van der Waals surface area contributed by atoms with Gasteiger partial charge in [-0.3, -0.25) is 0 Å². The molecule has 0 radical (unpaired) electrons. The third-order valence-corrected chi connectivity index (χ3v) is 3.30. The minimum Gasteiger partial charge on any atom is -0.406 e. The van der Waals surface area contributed by atoms with E-state index in [1.807, 2.05) is 0 Å². The molecule has 2 aromatic rings. The standard InChI is InChI=1S/C16H12Cl2F3NO/c1-10(22-9-11-6-13(17)8-14(18)7-11)12-2-4-15(5-3-12)23-16(19,20)21/h2-8,22H,1,9H2. The lowest BCUT2D eigenvalue weighted by atomic mass is 10.1. The third kappa shape index (κ3) is 5.69. The van der Waals surface area contributed by atoms with E-state index < -0.39 is 6.36 Å². The first-order chi connectivity index (χ1) is 10.7. The lowest BCUT2D eigenvalue weighted by Gasteiger charge is -2.12. The second kappa shape index (κ2) is 7.15. The molecule has 0 spiro atoms. The molecule has 0 saturated heterocycles. The molecule has 0 aromatic heterocycles. The molecular formula is C16H12Cl2F3NO. The quantitative estimate of drug-likeness (QED) is 0.742. The topological polar surface area (TPSA) is 21.3 Å². The zero-order chi connectivity index (χ0) is 17.0. The van der Waals surface area contributed by atoms with Gasteiger partial charge in [-0.1, -0.05) is 29.8 Å². The van der Waals surface area contributed by atoms with Crippen molar-refractivity contribution in [1.29, 1.82) is 0 Å². The summed E-state index contributed by atoms with van der Waals surface area (Å²) in [6.07, 6.45) is -4.71. The van der Waals surface area contributed by atoms with Crippen LogP contribution < -0.4 is 10.1 Å². The smallest absolute Gasteiger partial charge is 0.406 e. The number of halogens is 5. The summed E-state index contributed by atoms with van der Waals surface area (Å²) in [4.78, 5) is 0. The van der Waals surface area contributed by atoms with Crippen LogP contribution in [0.3, 0.4) is 0 Å². The Kier molecular flexibility index (Phi) is 5.44. The number of nitrogens with one attached hydrogen (secondary N) is 1. The molecule has 0 fully saturated rings. The molecule has 0 aliphatic rings. The SMILES string of the molecule is C=C(NCc1cc(Cl)cc(Cl)c1)c1ccc(OC(F)(F)F)cc1. The maximum Gasteiger partial charge on any atom is 0.573 e. The van der Waals surface area contributed by atoms with Gasteiger partial charge in [0.05, 0.1) is 0 Å². The molecule has 1 N–H and O–H groups in total. The average molecular weight is 362 g/mol. The molecule has 2 rings (SSSR count). The van der Waals surface area contributed by atoms with Gasteiger partial charge in [-0.2, -0.15) is 0 Å². The molecule has 0 amide bonds. The van der Waals surface area contributed by atoms with Crippen LogP contribution in [0.1, 0.15) is 11.1 Å². The Balaban J connectivity index is 1.98. The lowest BCUT2D eigenvalue weighted by molar-refractivity contribution is -0.274. The predicted octanol–water partition coefficient (Wildman–Crippen LogP) is 5.65. The molecule has 23 heavy (non-hydrogen) atoms. The molecule has 0 aliphatic carbocycles. The number of hydrogen-bond donors (Lipinski definition) is 1. The third-order valence-electron chi connectivity index (χ3n) is 2.86. The van der Waals surface area contributed by atoms with Crippen LogP contribution >= 0.6 is 23.2 Å². The summed E-state index contributed by atoms with van der Waals surface area (Å²) < 4.78 is 40.1. The van der Waals surface area contributed by atoms with Gasteiger partial charge in [0.1, 0.15) is 5.75 Å². The number of alkyl halides is 3. The molecule has 0 bridgehead atoms.